The Labute approximate surface area is 104 Å². The number of hydrogen-bond acceptors (Lipinski definition) is 3. The Kier molecular flexibility index (Phi) is 5.40. The lowest BCUT2D eigenvalue weighted by molar-refractivity contribution is -0.138. The Hall–Kier alpha value is -0.610. The number of carbonyl (C=O) groups excluding carboxylic acids is 1. The molecule has 1 aliphatic rings. The van der Waals surface area contributed by atoms with Crippen molar-refractivity contribution in [1.29, 1.82) is 0 Å². The van der Waals surface area contributed by atoms with E-state index in [0.29, 0.717) is 25.6 Å². The number of ether oxygens (including phenoxy) is 1. The first-order chi connectivity index (χ1) is 8.00. The Morgan fingerprint density at radius 1 is 1.41 bits per heavy atom. The highest BCUT2D eigenvalue weighted by Crippen LogP contribution is 2.25. The van der Waals surface area contributed by atoms with E-state index >= 15 is 0 Å². The van der Waals surface area contributed by atoms with Crippen molar-refractivity contribution in [1.82, 2.24) is 4.90 Å². The summed E-state index contributed by atoms with van der Waals surface area (Å²) in [6, 6.07) is 0.402. The molecule has 0 aliphatic heterocycles. The van der Waals surface area contributed by atoms with E-state index in [2.05, 4.69) is 0 Å². The highest BCUT2D eigenvalue weighted by atomic mass is 16.5. The van der Waals surface area contributed by atoms with Crippen molar-refractivity contribution in [2.24, 2.45) is 5.73 Å². The van der Waals surface area contributed by atoms with E-state index in [-0.39, 0.29) is 11.5 Å². The van der Waals surface area contributed by atoms with Gasteiger partial charge in [-0.2, -0.15) is 0 Å². The molecule has 0 aromatic heterocycles. The van der Waals surface area contributed by atoms with Gasteiger partial charge in [-0.3, -0.25) is 4.79 Å². The van der Waals surface area contributed by atoms with E-state index in [1.165, 1.54) is 12.8 Å². The monoisotopic (exact) mass is 242 g/mol. The molecule has 0 atom stereocenters. The Morgan fingerprint density at radius 2 is 2.00 bits per heavy atom. The molecule has 0 saturated heterocycles. The van der Waals surface area contributed by atoms with Crippen LogP contribution in [0.5, 0.6) is 0 Å². The quantitative estimate of drug-likeness (QED) is 0.768. The molecule has 4 heteroatoms. The Bertz CT molecular complexity index is 248. The molecular formula is C13H26N2O2. The van der Waals surface area contributed by atoms with Crippen molar-refractivity contribution in [2.75, 3.05) is 20.2 Å². The number of carbonyl (C=O) groups is 1. The standard InChI is InChI=1S/C13H26N2O2/c1-13(2,17-3)10-12(16)15(9-8-14)11-6-4-5-7-11/h11H,4-10,14H2,1-3H3. The van der Waals surface area contributed by atoms with Crippen molar-refractivity contribution in [3.63, 3.8) is 0 Å². The van der Waals surface area contributed by atoms with Crippen LogP contribution in [-0.4, -0.2) is 42.6 Å². The maximum absolute atomic E-state index is 12.3. The van der Waals surface area contributed by atoms with Crippen LogP contribution in [0.2, 0.25) is 0 Å². The van der Waals surface area contributed by atoms with Crippen LogP contribution in [0.3, 0.4) is 0 Å². The van der Waals surface area contributed by atoms with Gasteiger partial charge >= 0.3 is 0 Å². The van der Waals surface area contributed by atoms with Crippen LogP contribution in [0.4, 0.5) is 0 Å². The fourth-order valence-corrected chi connectivity index (χ4v) is 2.40. The number of rotatable bonds is 6. The summed E-state index contributed by atoms with van der Waals surface area (Å²) in [7, 11) is 1.65. The minimum absolute atomic E-state index is 0.175. The molecule has 2 N–H and O–H groups in total. The van der Waals surface area contributed by atoms with Crippen LogP contribution in [0.15, 0.2) is 0 Å². The van der Waals surface area contributed by atoms with Gasteiger partial charge in [0, 0.05) is 26.2 Å². The van der Waals surface area contributed by atoms with Crippen LogP contribution < -0.4 is 5.73 Å². The van der Waals surface area contributed by atoms with E-state index in [1.807, 2.05) is 18.7 Å². The fourth-order valence-electron chi connectivity index (χ4n) is 2.40. The van der Waals surface area contributed by atoms with E-state index in [0.717, 1.165) is 12.8 Å². The fraction of sp³-hybridized carbons (Fsp3) is 0.923. The highest BCUT2D eigenvalue weighted by molar-refractivity contribution is 5.77. The van der Waals surface area contributed by atoms with Crippen molar-refractivity contribution in [3.05, 3.63) is 0 Å². The van der Waals surface area contributed by atoms with Crippen molar-refractivity contribution >= 4 is 5.91 Å². The van der Waals surface area contributed by atoms with Gasteiger partial charge in [-0.1, -0.05) is 12.8 Å². The molecule has 0 aromatic carbocycles. The van der Waals surface area contributed by atoms with Crippen molar-refractivity contribution in [3.8, 4) is 0 Å². The minimum atomic E-state index is -0.386. The van der Waals surface area contributed by atoms with E-state index in [4.69, 9.17) is 10.5 Å². The predicted octanol–water partition coefficient (Wildman–Crippen LogP) is 1.53. The summed E-state index contributed by atoms with van der Waals surface area (Å²) in [5.74, 6) is 0.175. The van der Waals surface area contributed by atoms with Gasteiger partial charge in [0.25, 0.3) is 0 Å². The average Bonchev–Trinajstić information content (AvgIpc) is 2.78. The summed E-state index contributed by atoms with van der Waals surface area (Å²) in [5.41, 5.74) is 5.22. The van der Waals surface area contributed by atoms with Crippen LogP contribution in [0.1, 0.15) is 46.0 Å². The molecule has 0 unspecified atom stereocenters. The smallest absolute Gasteiger partial charge is 0.225 e. The number of nitrogens with two attached hydrogens (primary N) is 1. The van der Waals surface area contributed by atoms with Gasteiger partial charge in [-0.15, -0.1) is 0 Å². The van der Waals surface area contributed by atoms with Crippen LogP contribution in [0, 0.1) is 0 Å². The summed E-state index contributed by atoms with van der Waals surface area (Å²) >= 11 is 0. The topological polar surface area (TPSA) is 55.6 Å². The number of hydrogen-bond donors (Lipinski definition) is 1. The molecule has 1 aliphatic carbocycles. The highest BCUT2D eigenvalue weighted by Gasteiger charge is 2.30. The van der Waals surface area contributed by atoms with Crippen molar-refractivity contribution < 1.29 is 9.53 Å². The summed E-state index contributed by atoms with van der Waals surface area (Å²) in [6.45, 7) is 5.10. The number of methoxy groups -OCH3 is 1. The molecule has 0 spiro atoms. The van der Waals surface area contributed by atoms with Gasteiger partial charge in [0.05, 0.1) is 12.0 Å². The average molecular weight is 242 g/mol. The molecule has 0 radical (unpaired) electrons. The first-order valence-corrected chi connectivity index (χ1v) is 6.55. The van der Waals surface area contributed by atoms with E-state index < -0.39 is 0 Å². The molecule has 17 heavy (non-hydrogen) atoms. The van der Waals surface area contributed by atoms with E-state index in [1.54, 1.807) is 7.11 Å². The maximum atomic E-state index is 12.3. The van der Waals surface area contributed by atoms with Gasteiger partial charge < -0.3 is 15.4 Å². The van der Waals surface area contributed by atoms with E-state index in [9.17, 15) is 4.79 Å². The van der Waals surface area contributed by atoms with Gasteiger partial charge in [0.1, 0.15) is 0 Å². The molecule has 1 fully saturated rings. The lowest BCUT2D eigenvalue weighted by atomic mass is 10.0. The molecule has 0 aromatic rings. The number of nitrogens with zero attached hydrogens (tertiary/aromatic N) is 1. The maximum Gasteiger partial charge on any atom is 0.225 e. The molecule has 1 amide bonds. The third-order valence-electron chi connectivity index (χ3n) is 3.59. The Morgan fingerprint density at radius 3 is 2.47 bits per heavy atom. The third kappa shape index (κ3) is 4.28. The summed E-state index contributed by atoms with van der Waals surface area (Å²) in [6.07, 6.45) is 5.14. The summed E-state index contributed by atoms with van der Waals surface area (Å²) in [4.78, 5) is 14.3. The van der Waals surface area contributed by atoms with Crippen LogP contribution in [-0.2, 0) is 9.53 Å². The minimum Gasteiger partial charge on any atom is -0.378 e. The summed E-state index contributed by atoms with van der Waals surface area (Å²) in [5, 5.41) is 0. The Balaban J connectivity index is 2.59. The van der Waals surface area contributed by atoms with Gasteiger partial charge in [-0.05, 0) is 26.7 Å². The van der Waals surface area contributed by atoms with Crippen LogP contribution in [0.25, 0.3) is 0 Å². The van der Waals surface area contributed by atoms with Crippen LogP contribution >= 0.6 is 0 Å². The molecule has 4 nitrogen and oxygen atoms in total. The SMILES string of the molecule is COC(C)(C)CC(=O)N(CCN)C1CCCC1. The lowest BCUT2D eigenvalue weighted by Gasteiger charge is -2.32. The van der Waals surface area contributed by atoms with Gasteiger partial charge in [-0.25, -0.2) is 0 Å². The second-order valence-electron chi connectivity index (χ2n) is 5.45. The predicted molar refractivity (Wildman–Crippen MR) is 68.7 cm³/mol. The normalized spacial score (nSPS) is 17.4. The zero-order valence-electron chi connectivity index (χ0n) is 11.4. The first-order valence-electron chi connectivity index (χ1n) is 6.55. The van der Waals surface area contributed by atoms with Gasteiger partial charge in [0.2, 0.25) is 5.91 Å². The zero-order valence-corrected chi connectivity index (χ0v) is 11.4. The largest absolute Gasteiger partial charge is 0.378 e. The lowest BCUT2D eigenvalue weighted by Crippen LogP contribution is -2.44. The molecule has 0 bridgehead atoms. The third-order valence-corrected chi connectivity index (χ3v) is 3.59. The number of amides is 1. The summed E-state index contributed by atoms with van der Waals surface area (Å²) < 4.78 is 5.32. The second-order valence-corrected chi connectivity index (χ2v) is 5.45. The molecule has 1 saturated carbocycles. The molecular weight excluding hydrogens is 216 g/mol. The molecule has 100 valence electrons. The molecule has 0 heterocycles. The van der Waals surface area contributed by atoms with Gasteiger partial charge in [0.15, 0.2) is 0 Å². The van der Waals surface area contributed by atoms with Crippen molar-refractivity contribution in [2.45, 2.75) is 57.6 Å². The zero-order chi connectivity index (χ0) is 12.9. The second kappa shape index (κ2) is 6.36. The molecule has 1 rings (SSSR count). The first kappa shape index (κ1) is 14.5.